The summed E-state index contributed by atoms with van der Waals surface area (Å²) in [5.74, 6) is 0. The zero-order valence-corrected chi connectivity index (χ0v) is 10.1. The largest absolute Gasteiger partial charge is 0.444 e. The van der Waals surface area contributed by atoms with Gasteiger partial charge in [-0.3, -0.25) is 4.39 Å². The van der Waals surface area contributed by atoms with Crippen molar-refractivity contribution < 1.29 is 13.9 Å². The highest BCUT2D eigenvalue weighted by Gasteiger charge is 2.21. The van der Waals surface area contributed by atoms with Crippen molar-refractivity contribution in [1.82, 2.24) is 4.90 Å². The van der Waals surface area contributed by atoms with Crippen molar-refractivity contribution in [3.05, 3.63) is 0 Å². The van der Waals surface area contributed by atoms with E-state index in [2.05, 4.69) is 0 Å². The fraction of sp³-hybridized carbons (Fsp3) is 0.818. The number of hydrogen-bond donors (Lipinski definition) is 0. The predicted molar refractivity (Wildman–Crippen MR) is 58.6 cm³/mol. The van der Waals surface area contributed by atoms with E-state index in [1.807, 2.05) is 6.07 Å². The second-order valence-electron chi connectivity index (χ2n) is 4.42. The summed E-state index contributed by atoms with van der Waals surface area (Å²) in [7, 11) is 0. The zero-order chi connectivity index (χ0) is 12.6. The number of alkyl halides is 1. The molecular weight excluding hydrogens is 211 g/mol. The first-order chi connectivity index (χ1) is 7.40. The Morgan fingerprint density at radius 3 is 2.50 bits per heavy atom. The van der Waals surface area contributed by atoms with E-state index in [-0.39, 0.29) is 25.9 Å². The second-order valence-corrected chi connectivity index (χ2v) is 4.42. The van der Waals surface area contributed by atoms with Gasteiger partial charge in [0.15, 0.2) is 0 Å². The number of amides is 1. The summed E-state index contributed by atoms with van der Waals surface area (Å²) in [6.45, 7) is 5.39. The predicted octanol–water partition coefficient (Wildman–Crippen LogP) is 2.50. The summed E-state index contributed by atoms with van der Waals surface area (Å²) in [6, 6.07) is 1.95. The molecule has 0 bridgehead atoms. The van der Waals surface area contributed by atoms with Gasteiger partial charge >= 0.3 is 6.09 Å². The molecule has 0 aliphatic carbocycles. The van der Waals surface area contributed by atoms with E-state index in [4.69, 9.17) is 10.00 Å². The highest BCUT2D eigenvalue weighted by molar-refractivity contribution is 5.68. The molecule has 0 aromatic heterocycles. The average Bonchev–Trinajstić information content (AvgIpc) is 2.15. The van der Waals surface area contributed by atoms with Crippen molar-refractivity contribution in [2.45, 2.75) is 39.2 Å². The fourth-order valence-electron chi connectivity index (χ4n) is 1.06. The van der Waals surface area contributed by atoms with Gasteiger partial charge in [0, 0.05) is 13.1 Å². The number of halogens is 1. The summed E-state index contributed by atoms with van der Waals surface area (Å²) < 4.78 is 17.2. The topological polar surface area (TPSA) is 53.3 Å². The molecule has 0 aromatic carbocycles. The first kappa shape index (κ1) is 14.7. The van der Waals surface area contributed by atoms with Crippen molar-refractivity contribution in [1.29, 1.82) is 5.26 Å². The monoisotopic (exact) mass is 230 g/mol. The van der Waals surface area contributed by atoms with Crippen LogP contribution in [-0.4, -0.2) is 36.4 Å². The maximum Gasteiger partial charge on any atom is 0.410 e. The summed E-state index contributed by atoms with van der Waals surface area (Å²) in [4.78, 5) is 13.0. The number of carbonyl (C=O) groups excluding carboxylic acids is 1. The smallest absolute Gasteiger partial charge is 0.410 e. The van der Waals surface area contributed by atoms with Crippen LogP contribution in [0.3, 0.4) is 0 Å². The van der Waals surface area contributed by atoms with Crippen LogP contribution in [0.25, 0.3) is 0 Å². The minimum atomic E-state index is -0.572. The zero-order valence-electron chi connectivity index (χ0n) is 10.1. The molecule has 0 spiro atoms. The van der Waals surface area contributed by atoms with Gasteiger partial charge in [-0.1, -0.05) is 0 Å². The maximum absolute atomic E-state index is 12.0. The first-order valence-corrected chi connectivity index (χ1v) is 5.31. The van der Waals surface area contributed by atoms with Crippen LogP contribution in [0.5, 0.6) is 0 Å². The van der Waals surface area contributed by atoms with Crippen LogP contribution in [0.2, 0.25) is 0 Å². The molecule has 0 radical (unpaired) electrons. The Kier molecular flexibility index (Phi) is 6.47. The van der Waals surface area contributed by atoms with E-state index in [0.717, 1.165) is 0 Å². The third-order valence-corrected chi connectivity index (χ3v) is 1.71. The lowest BCUT2D eigenvalue weighted by Gasteiger charge is -2.26. The SMILES string of the molecule is CC(C)(C)OC(=O)N(CCC#N)CCCF. The Balaban J connectivity index is 4.26. The van der Waals surface area contributed by atoms with Gasteiger partial charge in [0.05, 0.1) is 19.2 Å². The molecule has 0 saturated heterocycles. The van der Waals surface area contributed by atoms with E-state index < -0.39 is 18.4 Å². The average molecular weight is 230 g/mol. The van der Waals surface area contributed by atoms with E-state index in [0.29, 0.717) is 0 Å². The van der Waals surface area contributed by atoms with Crippen molar-refractivity contribution in [3.8, 4) is 6.07 Å². The molecule has 0 aliphatic rings. The van der Waals surface area contributed by atoms with Gasteiger partial charge in [0.2, 0.25) is 0 Å². The van der Waals surface area contributed by atoms with E-state index in [9.17, 15) is 9.18 Å². The van der Waals surface area contributed by atoms with Crippen molar-refractivity contribution in [2.24, 2.45) is 0 Å². The minimum absolute atomic E-state index is 0.228. The molecule has 5 heteroatoms. The molecule has 0 saturated carbocycles. The molecule has 92 valence electrons. The van der Waals surface area contributed by atoms with E-state index in [1.54, 1.807) is 20.8 Å². The molecule has 0 aliphatic heterocycles. The second kappa shape index (κ2) is 7.04. The summed E-state index contributed by atoms with van der Waals surface area (Å²) >= 11 is 0. The number of carbonyl (C=O) groups is 1. The Bertz CT molecular complexity index is 256. The van der Waals surface area contributed by atoms with Crippen molar-refractivity contribution in [2.75, 3.05) is 19.8 Å². The highest BCUT2D eigenvalue weighted by Crippen LogP contribution is 2.10. The number of nitrogens with zero attached hydrogens (tertiary/aromatic N) is 2. The van der Waals surface area contributed by atoms with Crippen LogP contribution in [0.15, 0.2) is 0 Å². The summed E-state index contributed by atoms with van der Waals surface area (Å²) in [5, 5.41) is 8.45. The number of hydrogen-bond acceptors (Lipinski definition) is 3. The molecule has 16 heavy (non-hydrogen) atoms. The van der Waals surface area contributed by atoms with Crippen LogP contribution in [0.4, 0.5) is 9.18 Å². The fourth-order valence-corrected chi connectivity index (χ4v) is 1.06. The number of rotatable bonds is 5. The summed E-state index contributed by atoms with van der Waals surface area (Å²) in [6.07, 6.45) is 0.00660. The molecule has 4 nitrogen and oxygen atoms in total. The van der Waals surface area contributed by atoms with Gasteiger partial charge in [0.25, 0.3) is 0 Å². The van der Waals surface area contributed by atoms with Crippen LogP contribution in [0.1, 0.15) is 33.6 Å². The molecule has 0 fully saturated rings. The third kappa shape index (κ3) is 7.04. The maximum atomic E-state index is 12.0. The first-order valence-electron chi connectivity index (χ1n) is 5.31. The van der Waals surface area contributed by atoms with Crippen LogP contribution >= 0.6 is 0 Å². The van der Waals surface area contributed by atoms with Crippen molar-refractivity contribution >= 4 is 6.09 Å². The molecule has 0 aromatic rings. The molecule has 0 unspecified atom stereocenters. The van der Waals surface area contributed by atoms with Crippen molar-refractivity contribution in [3.63, 3.8) is 0 Å². The van der Waals surface area contributed by atoms with E-state index >= 15 is 0 Å². The quantitative estimate of drug-likeness (QED) is 0.729. The lowest BCUT2D eigenvalue weighted by molar-refractivity contribution is 0.0249. The van der Waals surface area contributed by atoms with Gasteiger partial charge < -0.3 is 9.64 Å². The highest BCUT2D eigenvalue weighted by atomic mass is 19.1. The lowest BCUT2D eigenvalue weighted by atomic mass is 10.2. The normalized spacial score (nSPS) is 10.7. The Morgan fingerprint density at radius 2 is 2.06 bits per heavy atom. The molecule has 1 amide bonds. The van der Waals surface area contributed by atoms with Gasteiger partial charge in [-0.25, -0.2) is 4.79 Å². The third-order valence-electron chi connectivity index (χ3n) is 1.71. The van der Waals surface area contributed by atoms with E-state index in [1.165, 1.54) is 4.90 Å². The number of ether oxygens (including phenoxy) is 1. The van der Waals surface area contributed by atoms with Gasteiger partial charge in [-0.05, 0) is 27.2 Å². The Morgan fingerprint density at radius 1 is 1.44 bits per heavy atom. The van der Waals surface area contributed by atoms with Crippen LogP contribution in [-0.2, 0) is 4.74 Å². The van der Waals surface area contributed by atoms with Gasteiger partial charge in [-0.2, -0.15) is 5.26 Å². The van der Waals surface area contributed by atoms with Crippen LogP contribution < -0.4 is 0 Å². The van der Waals surface area contributed by atoms with Gasteiger partial charge in [0.1, 0.15) is 5.60 Å². The molecule has 0 N–H and O–H groups in total. The molecule has 0 rings (SSSR count). The summed E-state index contributed by atoms with van der Waals surface area (Å²) in [5.41, 5.74) is -0.572. The standard InChI is InChI=1S/C11H19FN2O2/c1-11(2,3)16-10(15)14(8-4-6-12)9-5-7-13/h4-6,8-9H2,1-3H3. The Hall–Kier alpha value is -1.31. The molecule has 0 heterocycles. The van der Waals surface area contributed by atoms with Gasteiger partial charge in [-0.15, -0.1) is 0 Å². The lowest BCUT2D eigenvalue weighted by Crippen LogP contribution is -2.38. The molecular formula is C11H19FN2O2. The minimum Gasteiger partial charge on any atom is -0.444 e. The molecule has 0 atom stereocenters. The number of nitriles is 1. The Labute approximate surface area is 96.0 Å². The van der Waals surface area contributed by atoms with Crippen LogP contribution in [0, 0.1) is 11.3 Å².